The number of rotatable bonds is 2. The number of aliphatic imine (C=N–C) groups is 1. The minimum Gasteiger partial charge on any atom is -0.256 e. The molecule has 2 rings (SSSR count). The second kappa shape index (κ2) is 4.90. The largest absolute Gasteiger partial charge is 0.256 e. The molecule has 16 heavy (non-hydrogen) atoms. The SMILES string of the molecule is Fc1ccc(N=Cc2ccccc2Cl)cc1. The summed E-state index contributed by atoms with van der Waals surface area (Å²) >= 11 is 5.96. The fraction of sp³-hybridized carbons (Fsp3) is 0. The molecule has 0 fully saturated rings. The molecule has 0 heterocycles. The van der Waals surface area contributed by atoms with E-state index in [9.17, 15) is 4.39 Å². The molecule has 0 spiro atoms. The van der Waals surface area contributed by atoms with Crippen LogP contribution in [0.15, 0.2) is 53.5 Å². The highest BCUT2D eigenvalue weighted by Crippen LogP contribution is 2.15. The van der Waals surface area contributed by atoms with Gasteiger partial charge in [0.2, 0.25) is 0 Å². The Morgan fingerprint density at radius 2 is 1.69 bits per heavy atom. The van der Waals surface area contributed by atoms with E-state index in [0.29, 0.717) is 10.7 Å². The lowest BCUT2D eigenvalue weighted by Crippen LogP contribution is -1.81. The summed E-state index contributed by atoms with van der Waals surface area (Å²) in [6.07, 6.45) is 1.66. The lowest BCUT2D eigenvalue weighted by atomic mass is 10.2. The molecule has 80 valence electrons. The monoisotopic (exact) mass is 233 g/mol. The highest BCUT2D eigenvalue weighted by atomic mass is 35.5. The van der Waals surface area contributed by atoms with E-state index in [1.54, 1.807) is 24.4 Å². The van der Waals surface area contributed by atoms with Gasteiger partial charge in [-0.25, -0.2) is 4.39 Å². The van der Waals surface area contributed by atoms with Crippen LogP contribution < -0.4 is 0 Å². The molecule has 0 saturated heterocycles. The van der Waals surface area contributed by atoms with Gasteiger partial charge in [0.1, 0.15) is 5.82 Å². The Hall–Kier alpha value is -1.67. The van der Waals surface area contributed by atoms with E-state index in [1.165, 1.54) is 12.1 Å². The van der Waals surface area contributed by atoms with Gasteiger partial charge in [-0.15, -0.1) is 0 Å². The first-order valence-corrected chi connectivity index (χ1v) is 5.18. The van der Waals surface area contributed by atoms with Gasteiger partial charge in [-0.2, -0.15) is 0 Å². The molecule has 2 aromatic rings. The third-order valence-electron chi connectivity index (χ3n) is 2.08. The van der Waals surface area contributed by atoms with Crippen molar-refractivity contribution in [3.8, 4) is 0 Å². The molecule has 0 atom stereocenters. The average Bonchev–Trinajstić information content (AvgIpc) is 2.30. The lowest BCUT2D eigenvalue weighted by molar-refractivity contribution is 0.628. The first-order chi connectivity index (χ1) is 7.75. The van der Waals surface area contributed by atoms with Crippen LogP contribution >= 0.6 is 11.6 Å². The highest BCUT2D eigenvalue weighted by molar-refractivity contribution is 6.33. The van der Waals surface area contributed by atoms with Gasteiger partial charge in [0.25, 0.3) is 0 Å². The molecule has 0 N–H and O–H groups in total. The smallest absolute Gasteiger partial charge is 0.123 e. The van der Waals surface area contributed by atoms with Gasteiger partial charge in [0, 0.05) is 16.8 Å². The topological polar surface area (TPSA) is 12.4 Å². The molecule has 0 aliphatic heterocycles. The Morgan fingerprint density at radius 1 is 1.00 bits per heavy atom. The van der Waals surface area contributed by atoms with Crippen molar-refractivity contribution in [1.29, 1.82) is 0 Å². The van der Waals surface area contributed by atoms with Crippen molar-refractivity contribution in [3.63, 3.8) is 0 Å². The second-order valence-corrected chi connectivity index (χ2v) is 3.66. The van der Waals surface area contributed by atoms with Gasteiger partial charge in [-0.3, -0.25) is 4.99 Å². The quantitative estimate of drug-likeness (QED) is 0.689. The van der Waals surface area contributed by atoms with Crippen molar-refractivity contribution >= 4 is 23.5 Å². The molecular formula is C13H9ClFN. The van der Waals surface area contributed by atoms with Crippen molar-refractivity contribution in [1.82, 2.24) is 0 Å². The molecule has 0 amide bonds. The summed E-state index contributed by atoms with van der Waals surface area (Å²) in [4.78, 5) is 4.20. The number of nitrogens with zero attached hydrogens (tertiary/aromatic N) is 1. The Balaban J connectivity index is 2.21. The van der Waals surface area contributed by atoms with Crippen LogP contribution in [0.2, 0.25) is 5.02 Å². The molecule has 0 aliphatic rings. The van der Waals surface area contributed by atoms with Crippen molar-refractivity contribution in [3.05, 3.63) is 64.9 Å². The Morgan fingerprint density at radius 3 is 2.38 bits per heavy atom. The molecule has 0 aliphatic carbocycles. The van der Waals surface area contributed by atoms with Crippen LogP contribution in [0.4, 0.5) is 10.1 Å². The Kier molecular flexibility index (Phi) is 3.32. The minimum atomic E-state index is -0.267. The molecule has 0 saturated carbocycles. The predicted octanol–water partition coefficient (Wildman–Crippen LogP) is 4.23. The van der Waals surface area contributed by atoms with Gasteiger partial charge in [0.15, 0.2) is 0 Å². The first kappa shape index (κ1) is 10.8. The van der Waals surface area contributed by atoms with E-state index in [2.05, 4.69) is 4.99 Å². The minimum absolute atomic E-state index is 0.267. The van der Waals surface area contributed by atoms with Crippen LogP contribution in [-0.4, -0.2) is 6.21 Å². The van der Waals surface area contributed by atoms with Gasteiger partial charge in [-0.1, -0.05) is 29.8 Å². The van der Waals surface area contributed by atoms with Crippen LogP contribution in [-0.2, 0) is 0 Å². The van der Waals surface area contributed by atoms with Gasteiger partial charge in [0.05, 0.1) is 5.69 Å². The highest BCUT2D eigenvalue weighted by Gasteiger charge is 1.94. The zero-order chi connectivity index (χ0) is 11.4. The Bertz CT molecular complexity index is 506. The molecule has 1 nitrogen and oxygen atoms in total. The van der Waals surface area contributed by atoms with E-state index < -0.39 is 0 Å². The summed E-state index contributed by atoms with van der Waals surface area (Å²) in [5.74, 6) is -0.267. The average molecular weight is 234 g/mol. The van der Waals surface area contributed by atoms with E-state index in [1.807, 2.05) is 18.2 Å². The standard InChI is InChI=1S/C13H9ClFN/c14-13-4-2-1-3-10(13)9-16-12-7-5-11(15)6-8-12/h1-9H. The number of hydrogen-bond donors (Lipinski definition) is 0. The first-order valence-electron chi connectivity index (χ1n) is 4.80. The van der Waals surface area contributed by atoms with E-state index in [4.69, 9.17) is 11.6 Å². The van der Waals surface area contributed by atoms with Crippen molar-refractivity contribution < 1.29 is 4.39 Å². The van der Waals surface area contributed by atoms with E-state index >= 15 is 0 Å². The Labute approximate surface area is 98.2 Å². The zero-order valence-corrected chi connectivity index (χ0v) is 9.16. The van der Waals surface area contributed by atoms with Crippen molar-refractivity contribution in [2.24, 2.45) is 4.99 Å². The summed E-state index contributed by atoms with van der Waals surface area (Å²) < 4.78 is 12.6. The van der Waals surface area contributed by atoms with E-state index in [-0.39, 0.29) is 5.82 Å². The molecule has 0 bridgehead atoms. The molecule has 0 aromatic heterocycles. The zero-order valence-electron chi connectivity index (χ0n) is 8.40. The summed E-state index contributed by atoms with van der Waals surface area (Å²) in [7, 11) is 0. The maximum Gasteiger partial charge on any atom is 0.123 e. The summed E-state index contributed by atoms with van der Waals surface area (Å²) in [6, 6.07) is 13.4. The molecule has 2 aromatic carbocycles. The van der Waals surface area contributed by atoms with Gasteiger partial charge >= 0.3 is 0 Å². The third-order valence-corrected chi connectivity index (χ3v) is 2.43. The van der Waals surface area contributed by atoms with Crippen molar-refractivity contribution in [2.45, 2.75) is 0 Å². The summed E-state index contributed by atoms with van der Waals surface area (Å²) in [6.45, 7) is 0. The maximum atomic E-state index is 12.6. The van der Waals surface area contributed by atoms with Crippen LogP contribution in [0.1, 0.15) is 5.56 Å². The van der Waals surface area contributed by atoms with E-state index in [0.717, 1.165) is 5.56 Å². The molecular weight excluding hydrogens is 225 g/mol. The van der Waals surface area contributed by atoms with Crippen LogP contribution in [0.5, 0.6) is 0 Å². The van der Waals surface area contributed by atoms with Crippen LogP contribution in [0.25, 0.3) is 0 Å². The van der Waals surface area contributed by atoms with Crippen LogP contribution in [0, 0.1) is 5.82 Å². The number of halogens is 2. The molecule has 0 radical (unpaired) electrons. The normalized spacial score (nSPS) is 10.9. The van der Waals surface area contributed by atoms with Crippen molar-refractivity contribution in [2.75, 3.05) is 0 Å². The second-order valence-electron chi connectivity index (χ2n) is 3.26. The fourth-order valence-corrected chi connectivity index (χ4v) is 1.44. The molecule has 0 unspecified atom stereocenters. The number of benzene rings is 2. The number of hydrogen-bond acceptors (Lipinski definition) is 1. The maximum absolute atomic E-state index is 12.6. The van der Waals surface area contributed by atoms with Gasteiger partial charge in [-0.05, 0) is 30.3 Å². The predicted molar refractivity (Wildman–Crippen MR) is 65.1 cm³/mol. The third kappa shape index (κ3) is 2.67. The molecule has 3 heteroatoms. The summed E-state index contributed by atoms with van der Waals surface area (Å²) in [5.41, 5.74) is 1.54. The summed E-state index contributed by atoms with van der Waals surface area (Å²) in [5, 5.41) is 0.647. The lowest BCUT2D eigenvalue weighted by Gasteiger charge is -1.96. The van der Waals surface area contributed by atoms with Gasteiger partial charge < -0.3 is 0 Å². The fourth-order valence-electron chi connectivity index (χ4n) is 1.25. The van der Waals surface area contributed by atoms with Crippen LogP contribution in [0.3, 0.4) is 0 Å².